The Morgan fingerprint density at radius 2 is 2.26 bits per heavy atom. The van der Waals surface area contributed by atoms with Crippen molar-refractivity contribution in [3.05, 3.63) is 36.5 Å². The van der Waals surface area contributed by atoms with Gasteiger partial charge in [0.2, 0.25) is 11.9 Å². The molecular formula is C20H26N4O3. The molecule has 0 aliphatic heterocycles. The number of nitrogens with zero attached hydrogens (tertiary/aromatic N) is 3. The summed E-state index contributed by atoms with van der Waals surface area (Å²) in [6.45, 7) is 2.88. The Kier molecular flexibility index (Phi) is 6.73. The molecule has 7 heteroatoms. The first-order chi connectivity index (χ1) is 13.1. The third kappa shape index (κ3) is 6.30. The summed E-state index contributed by atoms with van der Waals surface area (Å²) in [5.41, 5.74) is 0.747. The summed E-state index contributed by atoms with van der Waals surface area (Å²) in [4.78, 5) is 22.7. The van der Waals surface area contributed by atoms with Crippen LogP contribution in [-0.4, -0.2) is 61.2 Å². The van der Waals surface area contributed by atoms with Crippen molar-refractivity contribution in [2.24, 2.45) is 5.92 Å². The number of ether oxygens (including phenoxy) is 2. The van der Waals surface area contributed by atoms with Gasteiger partial charge in [-0.05, 0) is 37.9 Å². The molecule has 1 N–H and O–H groups in total. The lowest BCUT2D eigenvalue weighted by atomic mass is 10.2. The maximum atomic E-state index is 12.0. The Labute approximate surface area is 159 Å². The molecule has 2 aromatic rings. The number of hydrogen-bond donors (Lipinski definition) is 1. The molecule has 3 rings (SSSR count). The van der Waals surface area contributed by atoms with Crippen LogP contribution in [0.3, 0.4) is 0 Å². The van der Waals surface area contributed by atoms with E-state index < -0.39 is 0 Å². The van der Waals surface area contributed by atoms with E-state index in [-0.39, 0.29) is 11.9 Å². The largest absolute Gasteiger partial charge is 0.493 e. The maximum absolute atomic E-state index is 12.0. The maximum Gasteiger partial charge on any atom is 0.250 e. The van der Waals surface area contributed by atoms with Crippen molar-refractivity contribution in [3.63, 3.8) is 0 Å². The molecule has 1 aromatic carbocycles. The molecule has 0 atom stereocenters. The second-order valence-electron chi connectivity index (χ2n) is 6.82. The Balaban J connectivity index is 1.56. The van der Waals surface area contributed by atoms with E-state index in [0.29, 0.717) is 19.1 Å². The van der Waals surface area contributed by atoms with Crippen LogP contribution in [0.15, 0.2) is 36.5 Å². The Morgan fingerprint density at radius 3 is 3.04 bits per heavy atom. The molecule has 1 fully saturated rings. The number of benzene rings is 1. The quantitative estimate of drug-likeness (QED) is 0.648. The van der Waals surface area contributed by atoms with Crippen molar-refractivity contribution in [2.45, 2.75) is 12.8 Å². The standard InChI is InChI=1S/C20H26N4O3/c1-24(10-11-26-2)9-3-4-19(25)23-20-21-13-16-7-8-17(12-18(16)22-20)27-14-15-5-6-15/h3-4,7-8,12-13,15H,5-6,9-11,14H2,1-2H3,(H,21,22,23,25). The average Bonchev–Trinajstić information content (AvgIpc) is 3.49. The van der Waals surface area contributed by atoms with Gasteiger partial charge in [-0.1, -0.05) is 6.08 Å². The van der Waals surface area contributed by atoms with Crippen LogP contribution in [0.2, 0.25) is 0 Å². The lowest BCUT2D eigenvalue weighted by Crippen LogP contribution is -2.23. The molecule has 0 unspecified atom stereocenters. The van der Waals surface area contributed by atoms with E-state index in [9.17, 15) is 4.79 Å². The van der Waals surface area contributed by atoms with Crippen molar-refractivity contribution < 1.29 is 14.3 Å². The minimum Gasteiger partial charge on any atom is -0.493 e. The van der Waals surface area contributed by atoms with Crippen molar-refractivity contribution in [2.75, 3.05) is 45.8 Å². The molecule has 1 heterocycles. The SMILES string of the molecule is COCCN(C)CC=CC(=O)Nc1ncc2ccc(OCC3CC3)cc2n1. The monoisotopic (exact) mass is 370 g/mol. The van der Waals surface area contributed by atoms with Crippen molar-refractivity contribution in [3.8, 4) is 5.75 Å². The fraction of sp³-hybridized carbons (Fsp3) is 0.450. The fourth-order valence-corrected chi connectivity index (χ4v) is 2.48. The predicted octanol–water partition coefficient (Wildman–Crippen LogP) is 2.49. The summed E-state index contributed by atoms with van der Waals surface area (Å²) in [5.74, 6) is 1.52. The molecule has 1 saturated carbocycles. The van der Waals surface area contributed by atoms with Gasteiger partial charge in [0.1, 0.15) is 5.75 Å². The van der Waals surface area contributed by atoms with Gasteiger partial charge in [0.15, 0.2) is 0 Å². The van der Waals surface area contributed by atoms with E-state index in [1.807, 2.05) is 25.2 Å². The topological polar surface area (TPSA) is 76.6 Å². The van der Waals surface area contributed by atoms with Crippen LogP contribution in [0, 0.1) is 5.92 Å². The zero-order chi connectivity index (χ0) is 19.1. The van der Waals surface area contributed by atoms with Gasteiger partial charge in [-0.25, -0.2) is 9.97 Å². The van der Waals surface area contributed by atoms with Crippen molar-refractivity contribution in [1.82, 2.24) is 14.9 Å². The minimum absolute atomic E-state index is 0.254. The van der Waals surface area contributed by atoms with E-state index in [1.165, 1.54) is 18.9 Å². The van der Waals surface area contributed by atoms with E-state index >= 15 is 0 Å². The van der Waals surface area contributed by atoms with Gasteiger partial charge >= 0.3 is 0 Å². The molecule has 1 aromatic heterocycles. The first-order valence-electron chi connectivity index (χ1n) is 9.18. The van der Waals surface area contributed by atoms with Gasteiger partial charge in [-0.2, -0.15) is 0 Å². The van der Waals surface area contributed by atoms with Crippen LogP contribution in [0.1, 0.15) is 12.8 Å². The summed E-state index contributed by atoms with van der Waals surface area (Å²) in [7, 11) is 3.64. The molecule has 0 radical (unpaired) electrons. The summed E-state index contributed by atoms with van der Waals surface area (Å²) in [6.07, 6.45) is 7.50. The van der Waals surface area contributed by atoms with Crippen LogP contribution in [-0.2, 0) is 9.53 Å². The van der Waals surface area contributed by atoms with E-state index in [2.05, 4.69) is 20.2 Å². The van der Waals surface area contributed by atoms with E-state index in [4.69, 9.17) is 9.47 Å². The molecular weight excluding hydrogens is 344 g/mol. The molecule has 144 valence electrons. The number of fused-ring (bicyclic) bond motifs is 1. The summed E-state index contributed by atoms with van der Waals surface area (Å²) in [6, 6.07) is 5.74. The molecule has 0 bridgehead atoms. The van der Waals surface area contributed by atoms with Crippen LogP contribution in [0.5, 0.6) is 5.75 Å². The molecule has 0 spiro atoms. The molecule has 1 amide bonds. The molecule has 1 aliphatic rings. The highest BCUT2D eigenvalue weighted by Crippen LogP contribution is 2.30. The van der Waals surface area contributed by atoms with E-state index in [1.54, 1.807) is 19.4 Å². The number of anilines is 1. The number of amides is 1. The average molecular weight is 370 g/mol. The zero-order valence-corrected chi connectivity index (χ0v) is 15.9. The number of hydrogen-bond acceptors (Lipinski definition) is 6. The lowest BCUT2D eigenvalue weighted by Gasteiger charge is -2.12. The number of nitrogens with one attached hydrogen (secondary N) is 1. The van der Waals surface area contributed by atoms with E-state index in [0.717, 1.165) is 29.8 Å². The minimum atomic E-state index is -0.254. The molecule has 27 heavy (non-hydrogen) atoms. The Hall–Kier alpha value is -2.51. The van der Waals surface area contributed by atoms with Gasteiger partial charge in [0, 0.05) is 43.9 Å². The number of rotatable bonds is 10. The number of carbonyl (C=O) groups is 1. The second kappa shape index (κ2) is 9.43. The molecule has 7 nitrogen and oxygen atoms in total. The highest BCUT2D eigenvalue weighted by atomic mass is 16.5. The number of aromatic nitrogens is 2. The summed E-state index contributed by atoms with van der Waals surface area (Å²) in [5, 5.41) is 3.60. The van der Waals surface area contributed by atoms with Crippen LogP contribution < -0.4 is 10.1 Å². The van der Waals surface area contributed by atoms with Crippen LogP contribution in [0.4, 0.5) is 5.95 Å². The van der Waals surface area contributed by atoms with Gasteiger partial charge in [0.25, 0.3) is 0 Å². The van der Waals surface area contributed by atoms with Crippen LogP contribution >= 0.6 is 0 Å². The smallest absolute Gasteiger partial charge is 0.250 e. The van der Waals surface area contributed by atoms with Crippen LogP contribution in [0.25, 0.3) is 10.9 Å². The normalized spacial score (nSPS) is 14.2. The highest BCUT2D eigenvalue weighted by molar-refractivity contribution is 5.98. The number of carbonyl (C=O) groups excluding carboxylic acids is 1. The zero-order valence-electron chi connectivity index (χ0n) is 15.9. The Morgan fingerprint density at radius 1 is 1.41 bits per heavy atom. The number of likely N-dealkylation sites (N-methyl/N-ethyl adjacent to an activating group) is 1. The first-order valence-corrected chi connectivity index (χ1v) is 9.18. The third-order valence-electron chi connectivity index (χ3n) is 4.34. The van der Waals surface area contributed by atoms with Gasteiger partial charge in [-0.3, -0.25) is 10.1 Å². The van der Waals surface area contributed by atoms with Crippen molar-refractivity contribution >= 4 is 22.8 Å². The third-order valence-corrected chi connectivity index (χ3v) is 4.34. The predicted molar refractivity (Wildman–Crippen MR) is 105 cm³/mol. The summed E-state index contributed by atoms with van der Waals surface area (Å²) < 4.78 is 10.8. The summed E-state index contributed by atoms with van der Waals surface area (Å²) >= 11 is 0. The second-order valence-corrected chi connectivity index (χ2v) is 6.82. The Bertz CT molecular complexity index is 805. The first kappa shape index (κ1) is 19.3. The molecule has 0 saturated heterocycles. The van der Waals surface area contributed by atoms with Gasteiger partial charge in [-0.15, -0.1) is 0 Å². The van der Waals surface area contributed by atoms with Gasteiger partial charge < -0.3 is 14.4 Å². The lowest BCUT2D eigenvalue weighted by molar-refractivity contribution is -0.112. The highest BCUT2D eigenvalue weighted by Gasteiger charge is 2.21. The fourth-order valence-electron chi connectivity index (χ4n) is 2.48. The van der Waals surface area contributed by atoms with Crippen molar-refractivity contribution in [1.29, 1.82) is 0 Å². The molecule has 1 aliphatic carbocycles. The van der Waals surface area contributed by atoms with Gasteiger partial charge in [0.05, 0.1) is 18.7 Å². The number of methoxy groups -OCH3 is 1.